The van der Waals surface area contributed by atoms with E-state index in [1.807, 2.05) is 25.1 Å². The van der Waals surface area contributed by atoms with Gasteiger partial charge in [0.1, 0.15) is 6.10 Å². The number of ether oxygens (including phenoxy) is 2. The molecule has 2 saturated carbocycles. The van der Waals surface area contributed by atoms with Gasteiger partial charge in [0.2, 0.25) is 0 Å². The van der Waals surface area contributed by atoms with Gasteiger partial charge in [-0.05, 0) is 84.6 Å². The van der Waals surface area contributed by atoms with Crippen LogP contribution >= 0.6 is 22.6 Å². The maximum Gasteiger partial charge on any atom is 0.339 e. The summed E-state index contributed by atoms with van der Waals surface area (Å²) in [5.41, 5.74) is 1.54. The molecular formula is C22H25IO4. The molecular weight excluding hydrogens is 455 g/mol. The van der Waals surface area contributed by atoms with Crippen molar-refractivity contribution in [3.8, 4) is 0 Å². The van der Waals surface area contributed by atoms with Crippen LogP contribution in [0.1, 0.15) is 49.9 Å². The topological polar surface area (TPSA) is 52.6 Å². The van der Waals surface area contributed by atoms with Crippen LogP contribution in [0.15, 0.2) is 36.4 Å². The Morgan fingerprint density at radius 1 is 1.44 bits per heavy atom. The summed E-state index contributed by atoms with van der Waals surface area (Å²) in [4.78, 5) is 24.1. The molecule has 6 atom stereocenters. The zero-order valence-corrected chi connectivity index (χ0v) is 17.9. The molecule has 1 aliphatic heterocycles. The first-order chi connectivity index (χ1) is 12.8. The van der Waals surface area contributed by atoms with Crippen LogP contribution in [0.2, 0.25) is 0 Å². The molecule has 2 unspecified atom stereocenters. The highest BCUT2D eigenvalue weighted by Gasteiger charge is 2.66. The van der Waals surface area contributed by atoms with Gasteiger partial charge in [-0.25, -0.2) is 9.59 Å². The van der Waals surface area contributed by atoms with E-state index in [9.17, 15) is 9.59 Å². The van der Waals surface area contributed by atoms with Crippen LogP contribution in [0, 0.1) is 26.7 Å². The summed E-state index contributed by atoms with van der Waals surface area (Å²) in [7, 11) is 0. The van der Waals surface area contributed by atoms with Gasteiger partial charge in [-0.15, -0.1) is 0 Å². The second kappa shape index (κ2) is 6.90. The minimum absolute atomic E-state index is 0.0201. The molecule has 0 bridgehead atoms. The summed E-state index contributed by atoms with van der Waals surface area (Å²) < 4.78 is 12.1. The number of esters is 2. The zero-order chi connectivity index (χ0) is 19.3. The lowest BCUT2D eigenvalue weighted by atomic mass is 9.79. The Morgan fingerprint density at radius 3 is 2.93 bits per heavy atom. The van der Waals surface area contributed by atoms with E-state index in [0.717, 1.165) is 29.3 Å². The Bertz CT molecular complexity index is 803. The fourth-order valence-corrected chi connectivity index (χ4v) is 5.84. The first-order valence-electron chi connectivity index (χ1n) is 9.66. The molecule has 0 N–H and O–H groups in total. The van der Waals surface area contributed by atoms with Gasteiger partial charge in [-0.1, -0.05) is 25.6 Å². The minimum Gasteiger partial charge on any atom is -0.459 e. The van der Waals surface area contributed by atoms with E-state index in [1.54, 1.807) is 6.07 Å². The summed E-state index contributed by atoms with van der Waals surface area (Å²) in [6, 6.07) is 7.49. The molecule has 0 radical (unpaired) electrons. The van der Waals surface area contributed by atoms with Crippen molar-refractivity contribution in [1.29, 1.82) is 0 Å². The highest BCUT2D eigenvalue weighted by Crippen LogP contribution is 2.70. The quantitative estimate of drug-likeness (QED) is 0.347. The number of benzene rings is 1. The molecule has 0 spiro atoms. The predicted octanol–water partition coefficient (Wildman–Crippen LogP) is 4.76. The Hall–Kier alpha value is -1.37. The smallest absolute Gasteiger partial charge is 0.339 e. The molecule has 0 aromatic heterocycles. The maximum atomic E-state index is 12.4. The maximum absolute atomic E-state index is 12.4. The third-order valence-electron chi connectivity index (χ3n) is 6.92. The van der Waals surface area contributed by atoms with E-state index in [-0.39, 0.29) is 35.5 Å². The highest BCUT2D eigenvalue weighted by atomic mass is 127. The van der Waals surface area contributed by atoms with Crippen LogP contribution in [-0.2, 0) is 14.3 Å². The largest absolute Gasteiger partial charge is 0.459 e. The van der Waals surface area contributed by atoms with Crippen LogP contribution in [0.25, 0.3) is 0 Å². The summed E-state index contributed by atoms with van der Waals surface area (Å²) in [5, 5.41) is 0. The Kier molecular flexibility index (Phi) is 4.85. The molecule has 0 amide bonds. The minimum atomic E-state index is -0.246. The molecule has 3 fully saturated rings. The molecule has 144 valence electrons. The van der Waals surface area contributed by atoms with Crippen molar-refractivity contribution in [2.75, 3.05) is 0 Å². The molecule has 4 rings (SSSR count). The molecule has 2 aliphatic carbocycles. The number of halogens is 1. The summed E-state index contributed by atoms with van der Waals surface area (Å²) in [6.07, 6.45) is 3.77. The number of fused-ring (bicyclic) bond motifs is 2. The van der Waals surface area contributed by atoms with Gasteiger partial charge in [0.05, 0.1) is 11.7 Å². The van der Waals surface area contributed by atoms with Gasteiger partial charge < -0.3 is 9.47 Å². The van der Waals surface area contributed by atoms with Crippen LogP contribution in [0.5, 0.6) is 0 Å². The second-order valence-electron chi connectivity index (χ2n) is 8.51. The lowest BCUT2D eigenvalue weighted by molar-refractivity contribution is -0.140. The van der Waals surface area contributed by atoms with E-state index in [4.69, 9.17) is 9.47 Å². The predicted molar refractivity (Wildman–Crippen MR) is 110 cm³/mol. The van der Waals surface area contributed by atoms with Crippen molar-refractivity contribution in [1.82, 2.24) is 0 Å². The summed E-state index contributed by atoms with van der Waals surface area (Å²) in [5.74, 6) is 0.999. The SMILES string of the molecule is C=C1C(=O)O[C@@H]2C[C@]3(C)C(CCC(C)OC(=O)c4ccccc4I)[C@@H]3C[C@H]12. The van der Waals surface area contributed by atoms with Crippen molar-refractivity contribution in [2.45, 2.75) is 51.7 Å². The van der Waals surface area contributed by atoms with Gasteiger partial charge in [-0.3, -0.25) is 0 Å². The van der Waals surface area contributed by atoms with Crippen molar-refractivity contribution in [2.24, 2.45) is 23.2 Å². The highest BCUT2D eigenvalue weighted by molar-refractivity contribution is 14.1. The van der Waals surface area contributed by atoms with Crippen molar-refractivity contribution in [3.05, 3.63) is 45.6 Å². The Balaban J connectivity index is 1.30. The lowest BCUT2D eigenvalue weighted by Gasteiger charge is -2.27. The van der Waals surface area contributed by atoms with Gasteiger partial charge in [0.25, 0.3) is 0 Å². The number of hydrogen-bond donors (Lipinski definition) is 0. The van der Waals surface area contributed by atoms with Gasteiger partial charge in [0.15, 0.2) is 0 Å². The Morgan fingerprint density at radius 2 is 2.19 bits per heavy atom. The molecule has 27 heavy (non-hydrogen) atoms. The van der Waals surface area contributed by atoms with Gasteiger partial charge >= 0.3 is 11.9 Å². The monoisotopic (exact) mass is 480 g/mol. The lowest BCUT2D eigenvalue weighted by Crippen LogP contribution is -2.26. The van der Waals surface area contributed by atoms with Crippen LogP contribution < -0.4 is 0 Å². The fraction of sp³-hybridized carbons (Fsp3) is 0.545. The second-order valence-corrected chi connectivity index (χ2v) is 9.67. The first kappa shape index (κ1) is 19.0. The van der Waals surface area contributed by atoms with E-state index >= 15 is 0 Å². The van der Waals surface area contributed by atoms with Crippen molar-refractivity contribution >= 4 is 34.5 Å². The summed E-state index contributed by atoms with van der Waals surface area (Å²) >= 11 is 2.16. The molecule has 3 aliphatic rings. The average molecular weight is 480 g/mol. The number of carbonyl (C=O) groups excluding carboxylic acids is 2. The molecule has 1 aromatic carbocycles. The van der Waals surface area contributed by atoms with Crippen molar-refractivity contribution < 1.29 is 19.1 Å². The molecule has 1 aromatic rings. The standard InChI is InChI=1S/C22H25IO4/c1-12(26-21(25)14-6-4-5-7-18(14)23)8-9-16-17-10-15-13(2)20(24)27-19(15)11-22(16,17)3/h4-7,12,15-17,19H,2,8-11H2,1,3H3/t12?,15-,16?,17+,19-,22-/m1/s1. The van der Waals surface area contributed by atoms with Gasteiger partial charge in [0, 0.05) is 15.1 Å². The molecule has 1 saturated heterocycles. The van der Waals surface area contributed by atoms with E-state index in [1.165, 1.54) is 0 Å². The third kappa shape index (κ3) is 3.32. The molecule has 1 heterocycles. The Labute approximate surface area is 173 Å². The first-order valence-corrected chi connectivity index (χ1v) is 10.7. The van der Waals surface area contributed by atoms with Crippen molar-refractivity contribution in [3.63, 3.8) is 0 Å². The van der Waals surface area contributed by atoms with Crippen LogP contribution in [0.4, 0.5) is 0 Å². The zero-order valence-electron chi connectivity index (χ0n) is 15.7. The number of rotatable bonds is 5. The average Bonchev–Trinajstić information content (AvgIpc) is 3.10. The fourth-order valence-electron chi connectivity index (χ4n) is 5.23. The molecule has 5 heteroatoms. The summed E-state index contributed by atoms with van der Waals surface area (Å²) in [6.45, 7) is 8.22. The normalized spacial score (nSPS) is 35.1. The van der Waals surface area contributed by atoms with Crippen LogP contribution in [-0.4, -0.2) is 24.1 Å². The number of hydrogen-bond acceptors (Lipinski definition) is 4. The van der Waals surface area contributed by atoms with E-state index < -0.39 is 0 Å². The van der Waals surface area contributed by atoms with E-state index in [0.29, 0.717) is 23.0 Å². The van der Waals surface area contributed by atoms with Gasteiger partial charge in [-0.2, -0.15) is 0 Å². The molecule has 4 nitrogen and oxygen atoms in total. The number of carbonyl (C=O) groups is 2. The van der Waals surface area contributed by atoms with E-state index in [2.05, 4.69) is 36.1 Å². The van der Waals surface area contributed by atoms with Crippen LogP contribution in [0.3, 0.4) is 0 Å². The third-order valence-corrected chi connectivity index (χ3v) is 7.86.